The summed E-state index contributed by atoms with van der Waals surface area (Å²) >= 11 is 0. The lowest BCUT2D eigenvalue weighted by Gasteiger charge is -2.42. The van der Waals surface area contributed by atoms with Crippen molar-refractivity contribution in [1.29, 1.82) is 0 Å². The minimum atomic E-state index is 0.218. The maximum atomic E-state index is 5.83. The van der Waals surface area contributed by atoms with Gasteiger partial charge in [-0.1, -0.05) is 58.0 Å². The van der Waals surface area contributed by atoms with Gasteiger partial charge in [0.05, 0.1) is 0 Å². The molecule has 0 unspecified atom stereocenters. The van der Waals surface area contributed by atoms with Crippen molar-refractivity contribution in [1.82, 2.24) is 0 Å². The summed E-state index contributed by atoms with van der Waals surface area (Å²) in [5.41, 5.74) is 7.48. The maximum Gasteiger partial charge on any atom is 0.00109 e. The molecule has 90 valence electrons. The molecule has 0 fully saturated rings. The van der Waals surface area contributed by atoms with E-state index in [1.165, 1.54) is 5.56 Å². The zero-order valence-electron chi connectivity index (χ0n) is 11.0. The number of rotatable bonds is 5. The molecular weight excluding hydrogens is 194 g/mol. The lowest BCUT2D eigenvalue weighted by molar-refractivity contribution is 0.205. The quantitative estimate of drug-likeness (QED) is 0.804. The molecule has 0 saturated carbocycles. The number of hydrogen-bond donors (Lipinski definition) is 1. The van der Waals surface area contributed by atoms with Gasteiger partial charge >= 0.3 is 0 Å². The second-order valence-corrected chi connectivity index (χ2v) is 5.25. The Kier molecular flexibility index (Phi) is 4.55. The van der Waals surface area contributed by atoms with Crippen molar-refractivity contribution in [3.8, 4) is 0 Å². The fourth-order valence-corrected chi connectivity index (χ4v) is 3.04. The Bertz CT molecular complexity index is 292. The molecule has 0 heterocycles. The summed E-state index contributed by atoms with van der Waals surface area (Å²) in [4.78, 5) is 0. The van der Waals surface area contributed by atoms with Crippen LogP contribution in [0.4, 0.5) is 0 Å². The predicted molar refractivity (Wildman–Crippen MR) is 71.5 cm³/mol. The zero-order valence-corrected chi connectivity index (χ0v) is 11.0. The summed E-state index contributed by atoms with van der Waals surface area (Å²) in [6.45, 7) is 9.99. The highest BCUT2D eigenvalue weighted by molar-refractivity contribution is 5.27. The summed E-state index contributed by atoms with van der Waals surface area (Å²) < 4.78 is 0. The summed E-state index contributed by atoms with van der Waals surface area (Å²) in [7, 11) is 0. The van der Waals surface area contributed by atoms with Gasteiger partial charge in [-0.15, -0.1) is 0 Å². The van der Waals surface area contributed by atoms with Crippen molar-refractivity contribution in [3.63, 3.8) is 0 Å². The SMILES string of the molecule is CC(C)C(CCN)(c1ccccc1)C(C)C. The van der Waals surface area contributed by atoms with Gasteiger partial charge in [-0.25, -0.2) is 0 Å². The van der Waals surface area contributed by atoms with Crippen LogP contribution in [0.5, 0.6) is 0 Å². The molecule has 1 nitrogen and oxygen atoms in total. The highest BCUT2D eigenvalue weighted by Crippen LogP contribution is 2.41. The van der Waals surface area contributed by atoms with Gasteiger partial charge in [0.25, 0.3) is 0 Å². The van der Waals surface area contributed by atoms with Gasteiger partial charge in [0, 0.05) is 5.41 Å². The van der Waals surface area contributed by atoms with E-state index in [0.717, 1.165) is 13.0 Å². The van der Waals surface area contributed by atoms with E-state index in [1.54, 1.807) is 0 Å². The topological polar surface area (TPSA) is 26.0 Å². The van der Waals surface area contributed by atoms with E-state index >= 15 is 0 Å². The molecule has 0 saturated heterocycles. The van der Waals surface area contributed by atoms with E-state index in [-0.39, 0.29) is 5.41 Å². The lowest BCUT2D eigenvalue weighted by Crippen LogP contribution is -2.39. The molecule has 1 rings (SSSR count). The largest absolute Gasteiger partial charge is 0.330 e. The first-order valence-electron chi connectivity index (χ1n) is 6.31. The van der Waals surface area contributed by atoms with Crippen molar-refractivity contribution in [2.24, 2.45) is 17.6 Å². The highest BCUT2D eigenvalue weighted by Gasteiger charge is 2.37. The second-order valence-electron chi connectivity index (χ2n) is 5.25. The Labute approximate surface area is 100 Å². The van der Waals surface area contributed by atoms with Crippen LogP contribution in [-0.4, -0.2) is 6.54 Å². The van der Waals surface area contributed by atoms with Crippen molar-refractivity contribution in [2.45, 2.75) is 39.5 Å². The van der Waals surface area contributed by atoms with Crippen LogP contribution in [0.1, 0.15) is 39.7 Å². The predicted octanol–water partition coefficient (Wildman–Crippen LogP) is 3.59. The fraction of sp³-hybridized carbons (Fsp3) is 0.600. The van der Waals surface area contributed by atoms with Gasteiger partial charge in [-0.3, -0.25) is 0 Å². The first-order chi connectivity index (χ1) is 7.55. The first kappa shape index (κ1) is 13.2. The van der Waals surface area contributed by atoms with E-state index in [2.05, 4.69) is 58.0 Å². The Balaban J connectivity index is 3.21. The van der Waals surface area contributed by atoms with Gasteiger partial charge in [-0.05, 0) is 30.4 Å². The van der Waals surface area contributed by atoms with Gasteiger partial charge in [0.1, 0.15) is 0 Å². The normalized spacial score (nSPS) is 12.4. The molecule has 16 heavy (non-hydrogen) atoms. The van der Waals surface area contributed by atoms with E-state index in [1.807, 2.05) is 0 Å². The average Bonchev–Trinajstić information content (AvgIpc) is 2.26. The molecule has 0 aromatic heterocycles. The minimum absolute atomic E-state index is 0.218. The van der Waals surface area contributed by atoms with Gasteiger partial charge in [0.15, 0.2) is 0 Å². The van der Waals surface area contributed by atoms with Crippen LogP contribution in [0.2, 0.25) is 0 Å². The fourth-order valence-electron chi connectivity index (χ4n) is 3.04. The summed E-state index contributed by atoms with van der Waals surface area (Å²) in [6.07, 6.45) is 1.06. The van der Waals surface area contributed by atoms with Crippen LogP contribution in [0.25, 0.3) is 0 Å². The van der Waals surface area contributed by atoms with E-state index in [9.17, 15) is 0 Å². The summed E-state index contributed by atoms with van der Waals surface area (Å²) in [5, 5.41) is 0. The molecule has 0 aliphatic rings. The monoisotopic (exact) mass is 219 g/mol. The molecule has 0 aliphatic carbocycles. The molecule has 0 amide bonds. The lowest BCUT2D eigenvalue weighted by atomic mass is 9.62. The molecule has 2 N–H and O–H groups in total. The first-order valence-corrected chi connectivity index (χ1v) is 6.31. The van der Waals surface area contributed by atoms with E-state index in [0.29, 0.717) is 11.8 Å². The van der Waals surface area contributed by atoms with Gasteiger partial charge in [-0.2, -0.15) is 0 Å². The van der Waals surface area contributed by atoms with Gasteiger partial charge < -0.3 is 5.73 Å². The Morgan fingerprint density at radius 3 is 1.88 bits per heavy atom. The molecule has 1 aromatic carbocycles. The molecule has 0 aliphatic heterocycles. The highest BCUT2D eigenvalue weighted by atomic mass is 14.6. The standard InChI is InChI=1S/C15H25N/c1-12(2)15(10-11-16,13(3)4)14-8-6-5-7-9-14/h5-9,12-13H,10-11,16H2,1-4H3. The Morgan fingerprint density at radius 2 is 1.50 bits per heavy atom. The zero-order chi connectivity index (χ0) is 12.2. The van der Waals surface area contributed by atoms with Crippen LogP contribution >= 0.6 is 0 Å². The van der Waals surface area contributed by atoms with Crippen LogP contribution in [-0.2, 0) is 5.41 Å². The molecule has 0 bridgehead atoms. The molecule has 0 spiro atoms. The van der Waals surface area contributed by atoms with E-state index in [4.69, 9.17) is 5.73 Å². The maximum absolute atomic E-state index is 5.83. The average molecular weight is 219 g/mol. The van der Waals surface area contributed by atoms with Crippen LogP contribution < -0.4 is 5.73 Å². The second kappa shape index (κ2) is 5.49. The van der Waals surface area contributed by atoms with Crippen molar-refractivity contribution >= 4 is 0 Å². The third kappa shape index (κ3) is 2.30. The van der Waals surface area contributed by atoms with Crippen molar-refractivity contribution in [3.05, 3.63) is 35.9 Å². The Hall–Kier alpha value is -0.820. The van der Waals surface area contributed by atoms with Crippen LogP contribution in [0.3, 0.4) is 0 Å². The molecule has 1 aromatic rings. The summed E-state index contributed by atoms with van der Waals surface area (Å²) in [6, 6.07) is 10.8. The molecular formula is C15H25N. The summed E-state index contributed by atoms with van der Waals surface area (Å²) in [5.74, 6) is 1.22. The van der Waals surface area contributed by atoms with Crippen LogP contribution in [0.15, 0.2) is 30.3 Å². The third-order valence-corrected chi connectivity index (χ3v) is 3.93. The van der Waals surface area contributed by atoms with Crippen molar-refractivity contribution < 1.29 is 0 Å². The number of benzene rings is 1. The van der Waals surface area contributed by atoms with Crippen LogP contribution in [0, 0.1) is 11.8 Å². The van der Waals surface area contributed by atoms with Crippen molar-refractivity contribution in [2.75, 3.05) is 6.54 Å². The molecule has 0 atom stereocenters. The number of nitrogens with two attached hydrogens (primary N) is 1. The number of hydrogen-bond acceptors (Lipinski definition) is 1. The third-order valence-electron chi connectivity index (χ3n) is 3.93. The smallest absolute Gasteiger partial charge is 0.00109 e. The van der Waals surface area contributed by atoms with Gasteiger partial charge in [0.2, 0.25) is 0 Å². The van der Waals surface area contributed by atoms with E-state index < -0.39 is 0 Å². The molecule has 1 heteroatoms. The Morgan fingerprint density at radius 1 is 1.00 bits per heavy atom. The molecule has 0 radical (unpaired) electrons. The minimum Gasteiger partial charge on any atom is -0.330 e.